The summed E-state index contributed by atoms with van der Waals surface area (Å²) in [6.07, 6.45) is 8.80. The molecule has 2 nitrogen and oxygen atoms in total. The van der Waals surface area contributed by atoms with Crippen molar-refractivity contribution in [3.8, 4) is 12.1 Å². The molecule has 0 heterocycles. The highest BCUT2D eigenvalue weighted by Gasteiger charge is 2.37. The molecule has 2 heteroatoms. The van der Waals surface area contributed by atoms with Crippen molar-refractivity contribution in [1.82, 2.24) is 0 Å². The molecule has 2 aliphatic carbocycles. The second kappa shape index (κ2) is 6.76. The Morgan fingerprint density at radius 3 is 1.55 bits per heavy atom. The molecule has 0 radical (unpaired) electrons. The number of allylic oxidation sites excluding steroid dienone is 4. The predicted octanol–water partition coefficient (Wildman–Crippen LogP) is 5.05. The molecule has 106 valence electrons. The highest BCUT2D eigenvalue weighted by Crippen LogP contribution is 2.47. The molecule has 2 atom stereocenters. The van der Waals surface area contributed by atoms with Crippen molar-refractivity contribution >= 4 is 0 Å². The predicted molar refractivity (Wildman–Crippen MR) is 80.5 cm³/mol. The number of fused-ring (bicyclic) bond motifs is 1. The van der Waals surface area contributed by atoms with Gasteiger partial charge in [0.25, 0.3) is 0 Å². The molecule has 0 N–H and O–H groups in total. The van der Waals surface area contributed by atoms with Gasteiger partial charge in [-0.15, -0.1) is 0 Å². The van der Waals surface area contributed by atoms with Gasteiger partial charge in [-0.2, -0.15) is 10.5 Å². The maximum absolute atomic E-state index is 9.61. The third kappa shape index (κ3) is 2.53. The minimum atomic E-state index is -0.196. The standard InChI is InChI=1S/C18H24N2/c1-3-7-13-15-9-5-6-10-16(15)14(8-4-2)18(12-20)17(13)11-19/h17-18H,3-10H2,1-2H3. The summed E-state index contributed by atoms with van der Waals surface area (Å²) in [5.74, 6) is -0.392. The molecule has 2 rings (SSSR count). The third-order valence-electron chi connectivity index (χ3n) is 4.64. The number of hydrogen-bond acceptors (Lipinski definition) is 2. The van der Waals surface area contributed by atoms with E-state index in [1.54, 1.807) is 0 Å². The van der Waals surface area contributed by atoms with E-state index < -0.39 is 0 Å². The van der Waals surface area contributed by atoms with Crippen molar-refractivity contribution in [2.45, 2.75) is 65.2 Å². The summed E-state index contributed by atoms with van der Waals surface area (Å²) in [6, 6.07) is 4.89. The number of hydrogen-bond donors (Lipinski definition) is 0. The lowest BCUT2D eigenvalue weighted by atomic mass is 9.67. The van der Waals surface area contributed by atoms with Crippen LogP contribution in [0.15, 0.2) is 22.3 Å². The van der Waals surface area contributed by atoms with Crippen LogP contribution in [0.4, 0.5) is 0 Å². The van der Waals surface area contributed by atoms with Gasteiger partial charge in [0.15, 0.2) is 0 Å². The Balaban J connectivity index is 2.56. The summed E-state index contributed by atoms with van der Waals surface area (Å²) in [4.78, 5) is 0. The van der Waals surface area contributed by atoms with Crippen LogP contribution in [-0.4, -0.2) is 0 Å². The van der Waals surface area contributed by atoms with Gasteiger partial charge in [0, 0.05) is 0 Å². The molecule has 1 saturated carbocycles. The second-order valence-corrected chi connectivity index (χ2v) is 5.93. The molecule has 0 aromatic rings. The lowest BCUT2D eigenvalue weighted by Crippen LogP contribution is -2.26. The maximum atomic E-state index is 9.61. The van der Waals surface area contributed by atoms with Gasteiger partial charge in [-0.3, -0.25) is 0 Å². The highest BCUT2D eigenvalue weighted by atomic mass is 14.4. The SMILES string of the molecule is CCCC1=C2CCCCC2=C(CCC)C(C#N)C1C#N. The number of nitrogens with zero attached hydrogens (tertiary/aromatic N) is 2. The van der Waals surface area contributed by atoms with E-state index in [4.69, 9.17) is 0 Å². The van der Waals surface area contributed by atoms with Crippen LogP contribution in [-0.2, 0) is 0 Å². The van der Waals surface area contributed by atoms with Crippen LogP contribution in [0.25, 0.3) is 0 Å². The van der Waals surface area contributed by atoms with Gasteiger partial charge in [0.1, 0.15) is 0 Å². The summed E-state index contributed by atoms with van der Waals surface area (Å²) < 4.78 is 0. The Kier molecular flexibility index (Phi) is 5.02. The second-order valence-electron chi connectivity index (χ2n) is 5.93. The minimum absolute atomic E-state index is 0.196. The van der Waals surface area contributed by atoms with Crippen molar-refractivity contribution in [1.29, 1.82) is 10.5 Å². The summed E-state index contributed by atoms with van der Waals surface area (Å²) in [7, 11) is 0. The van der Waals surface area contributed by atoms with E-state index in [0.717, 1.165) is 38.5 Å². The Bertz CT molecular complexity index is 463. The van der Waals surface area contributed by atoms with Crippen LogP contribution < -0.4 is 0 Å². The lowest BCUT2D eigenvalue weighted by molar-refractivity contribution is 0.523. The minimum Gasteiger partial charge on any atom is -0.198 e. The van der Waals surface area contributed by atoms with Gasteiger partial charge in [-0.05, 0) is 60.8 Å². The van der Waals surface area contributed by atoms with E-state index in [9.17, 15) is 10.5 Å². The van der Waals surface area contributed by atoms with E-state index in [-0.39, 0.29) is 11.8 Å². The number of nitriles is 2. The van der Waals surface area contributed by atoms with Gasteiger partial charge in [-0.1, -0.05) is 26.7 Å². The molecule has 0 spiro atoms. The van der Waals surface area contributed by atoms with Crippen molar-refractivity contribution in [2.24, 2.45) is 11.8 Å². The molecule has 0 aromatic heterocycles. The monoisotopic (exact) mass is 268 g/mol. The van der Waals surface area contributed by atoms with Gasteiger partial charge < -0.3 is 0 Å². The Hall–Kier alpha value is -1.54. The quantitative estimate of drug-likeness (QED) is 0.716. The van der Waals surface area contributed by atoms with Crippen LogP contribution in [0.3, 0.4) is 0 Å². The molecule has 0 bridgehead atoms. The zero-order valence-corrected chi connectivity index (χ0v) is 12.7. The fourth-order valence-electron chi connectivity index (χ4n) is 3.85. The van der Waals surface area contributed by atoms with E-state index in [0.29, 0.717) is 0 Å². The van der Waals surface area contributed by atoms with Gasteiger partial charge in [-0.25, -0.2) is 0 Å². The molecule has 2 aliphatic rings. The molecule has 0 aliphatic heterocycles. The fraction of sp³-hybridized carbons (Fsp3) is 0.667. The zero-order valence-electron chi connectivity index (χ0n) is 12.7. The molecule has 2 unspecified atom stereocenters. The summed E-state index contributed by atoms with van der Waals surface area (Å²) in [5.41, 5.74) is 5.49. The fourth-order valence-corrected chi connectivity index (χ4v) is 3.85. The normalized spacial score (nSPS) is 26.0. The summed E-state index contributed by atoms with van der Waals surface area (Å²) in [5, 5.41) is 19.2. The van der Waals surface area contributed by atoms with E-state index >= 15 is 0 Å². The molecule has 1 fully saturated rings. The van der Waals surface area contributed by atoms with Crippen molar-refractivity contribution in [3.05, 3.63) is 22.3 Å². The van der Waals surface area contributed by atoms with Crippen LogP contribution in [0, 0.1) is 34.5 Å². The Morgan fingerprint density at radius 1 is 0.850 bits per heavy atom. The Morgan fingerprint density at radius 2 is 1.25 bits per heavy atom. The zero-order chi connectivity index (χ0) is 14.5. The average molecular weight is 268 g/mol. The number of rotatable bonds is 4. The highest BCUT2D eigenvalue weighted by molar-refractivity contribution is 5.50. The first-order valence-corrected chi connectivity index (χ1v) is 8.01. The van der Waals surface area contributed by atoms with E-state index in [1.165, 1.54) is 35.1 Å². The van der Waals surface area contributed by atoms with Gasteiger partial charge in [0.2, 0.25) is 0 Å². The average Bonchev–Trinajstić information content (AvgIpc) is 2.49. The Labute approximate surface area is 122 Å². The largest absolute Gasteiger partial charge is 0.198 e. The van der Waals surface area contributed by atoms with Crippen molar-refractivity contribution in [2.75, 3.05) is 0 Å². The maximum Gasteiger partial charge on any atom is 0.0874 e. The van der Waals surface area contributed by atoms with Crippen LogP contribution in [0.1, 0.15) is 65.2 Å². The molecule has 0 aromatic carbocycles. The smallest absolute Gasteiger partial charge is 0.0874 e. The first-order chi connectivity index (χ1) is 9.78. The van der Waals surface area contributed by atoms with E-state index in [2.05, 4.69) is 26.0 Å². The van der Waals surface area contributed by atoms with E-state index in [1.807, 2.05) is 0 Å². The molecular weight excluding hydrogens is 244 g/mol. The van der Waals surface area contributed by atoms with Crippen LogP contribution in [0.2, 0.25) is 0 Å². The van der Waals surface area contributed by atoms with Gasteiger partial charge >= 0.3 is 0 Å². The molecule has 20 heavy (non-hydrogen) atoms. The van der Waals surface area contributed by atoms with Crippen LogP contribution in [0.5, 0.6) is 0 Å². The van der Waals surface area contributed by atoms with Crippen molar-refractivity contribution in [3.63, 3.8) is 0 Å². The molecular formula is C18H24N2. The third-order valence-corrected chi connectivity index (χ3v) is 4.64. The first kappa shape index (κ1) is 14.9. The van der Waals surface area contributed by atoms with Gasteiger partial charge in [0.05, 0.1) is 24.0 Å². The molecule has 0 saturated heterocycles. The summed E-state index contributed by atoms with van der Waals surface area (Å²) in [6.45, 7) is 4.33. The van der Waals surface area contributed by atoms with Crippen LogP contribution >= 0.6 is 0 Å². The topological polar surface area (TPSA) is 47.6 Å². The summed E-state index contributed by atoms with van der Waals surface area (Å²) >= 11 is 0. The molecule has 0 amide bonds. The lowest BCUT2D eigenvalue weighted by Gasteiger charge is -2.35. The first-order valence-electron chi connectivity index (χ1n) is 8.01. The van der Waals surface area contributed by atoms with Crippen molar-refractivity contribution < 1.29 is 0 Å².